The zero-order chi connectivity index (χ0) is 12.4. The Bertz CT molecular complexity index is 392. The lowest BCUT2D eigenvalue weighted by Crippen LogP contribution is -2.37. The van der Waals surface area contributed by atoms with Crippen LogP contribution in [-0.4, -0.2) is 18.0 Å². The van der Waals surface area contributed by atoms with Gasteiger partial charge in [-0.2, -0.15) is 0 Å². The number of hydrogen-bond donors (Lipinski definition) is 1. The van der Waals surface area contributed by atoms with Gasteiger partial charge in [0, 0.05) is 23.8 Å². The lowest BCUT2D eigenvalue weighted by Gasteiger charge is -2.35. The predicted molar refractivity (Wildman–Crippen MR) is 74.1 cm³/mol. The van der Waals surface area contributed by atoms with Crippen LogP contribution < -0.4 is 5.73 Å². The maximum atomic E-state index is 6.21. The minimum Gasteiger partial charge on any atom is -0.399 e. The second-order valence-corrected chi connectivity index (χ2v) is 5.74. The number of nitrogens with zero attached hydrogens (tertiary/aromatic N) is 1. The Balaban J connectivity index is 2.01. The van der Waals surface area contributed by atoms with Gasteiger partial charge in [-0.1, -0.05) is 31.5 Å². The van der Waals surface area contributed by atoms with Crippen LogP contribution in [0.5, 0.6) is 0 Å². The average Bonchev–Trinajstić information content (AvgIpc) is 2.27. The van der Waals surface area contributed by atoms with E-state index in [2.05, 4.69) is 18.7 Å². The quantitative estimate of drug-likeness (QED) is 0.818. The third kappa shape index (κ3) is 3.14. The van der Waals surface area contributed by atoms with Crippen LogP contribution in [0.3, 0.4) is 0 Å². The van der Waals surface area contributed by atoms with E-state index >= 15 is 0 Å². The molecule has 1 aromatic rings. The molecule has 0 spiro atoms. The molecule has 1 aliphatic heterocycles. The van der Waals surface area contributed by atoms with Crippen molar-refractivity contribution >= 4 is 17.3 Å². The molecule has 0 amide bonds. The molecule has 1 aromatic carbocycles. The van der Waals surface area contributed by atoms with Crippen molar-refractivity contribution in [3.8, 4) is 0 Å². The van der Waals surface area contributed by atoms with Gasteiger partial charge in [0.05, 0.1) is 0 Å². The molecule has 2 unspecified atom stereocenters. The third-order valence-corrected chi connectivity index (χ3v) is 4.24. The Morgan fingerprint density at radius 2 is 2.12 bits per heavy atom. The zero-order valence-electron chi connectivity index (χ0n) is 10.6. The molecule has 0 radical (unpaired) electrons. The van der Waals surface area contributed by atoms with Gasteiger partial charge in [-0.3, -0.25) is 4.90 Å². The molecule has 17 heavy (non-hydrogen) atoms. The summed E-state index contributed by atoms with van der Waals surface area (Å²) in [6, 6.07) is 5.81. The molecule has 2 nitrogen and oxygen atoms in total. The van der Waals surface area contributed by atoms with E-state index in [0.29, 0.717) is 0 Å². The number of likely N-dealkylation sites (tertiary alicyclic amines) is 1. The molecular weight excluding hydrogens is 232 g/mol. The second kappa shape index (κ2) is 5.28. The number of halogens is 1. The van der Waals surface area contributed by atoms with Gasteiger partial charge >= 0.3 is 0 Å². The molecule has 1 heterocycles. The summed E-state index contributed by atoms with van der Waals surface area (Å²) in [5.41, 5.74) is 7.62. The normalized spacial score (nSPS) is 26.1. The fourth-order valence-corrected chi connectivity index (χ4v) is 2.67. The summed E-state index contributed by atoms with van der Waals surface area (Å²) in [6.45, 7) is 7.96. The van der Waals surface area contributed by atoms with Gasteiger partial charge in [-0.25, -0.2) is 0 Å². The first-order valence-corrected chi connectivity index (χ1v) is 6.70. The van der Waals surface area contributed by atoms with E-state index in [-0.39, 0.29) is 0 Å². The highest BCUT2D eigenvalue weighted by atomic mass is 35.5. The SMILES string of the molecule is CC1CCN(Cc2ccc(N)cc2Cl)CC1C. The van der Waals surface area contributed by atoms with Crippen molar-refractivity contribution < 1.29 is 0 Å². The third-order valence-electron chi connectivity index (χ3n) is 3.89. The molecular formula is C14H21ClN2. The zero-order valence-corrected chi connectivity index (χ0v) is 11.4. The van der Waals surface area contributed by atoms with Crippen molar-refractivity contribution in [1.82, 2.24) is 4.90 Å². The van der Waals surface area contributed by atoms with E-state index in [0.717, 1.165) is 29.1 Å². The van der Waals surface area contributed by atoms with Crippen LogP contribution in [0, 0.1) is 11.8 Å². The molecule has 1 saturated heterocycles. The highest BCUT2D eigenvalue weighted by molar-refractivity contribution is 6.31. The first-order valence-electron chi connectivity index (χ1n) is 6.32. The molecule has 94 valence electrons. The highest BCUT2D eigenvalue weighted by Crippen LogP contribution is 2.26. The fourth-order valence-electron chi connectivity index (χ4n) is 2.43. The number of nitrogens with two attached hydrogens (primary N) is 1. The van der Waals surface area contributed by atoms with Crippen LogP contribution in [-0.2, 0) is 6.54 Å². The number of benzene rings is 1. The summed E-state index contributed by atoms with van der Waals surface area (Å²) in [5.74, 6) is 1.62. The van der Waals surface area contributed by atoms with Crippen molar-refractivity contribution in [2.75, 3.05) is 18.8 Å². The molecule has 1 fully saturated rings. The maximum absolute atomic E-state index is 6.21. The van der Waals surface area contributed by atoms with E-state index in [1.54, 1.807) is 0 Å². The topological polar surface area (TPSA) is 29.3 Å². The van der Waals surface area contributed by atoms with Crippen LogP contribution in [0.4, 0.5) is 5.69 Å². The van der Waals surface area contributed by atoms with Crippen LogP contribution in [0.1, 0.15) is 25.8 Å². The molecule has 2 rings (SSSR count). The predicted octanol–water partition coefficient (Wildman–Crippen LogP) is 3.40. The van der Waals surface area contributed by atoms with Crippen LogP contribution in [0.2, 0.25) is 5.02 Å². The van der Waals surface area contributed by atoms with Crippen LogP contribution in [0.25, 0.3) is 0 Å². The molecule has 2 atom stereocenters. The van der Waals surface area contributed by atoms with Gasteiger partial charge in [0.25, 0.3) is 0 Å². The molecule has 2 N–H and O–H groups in total. The Labute approximate surface area is 109 Å². The minimum absolute atomic E-state index is 0.736. The smallest absolute Gasteiger partial charge is 0.0471 e. The molecule has 0 aliphatic carbocycles. The first-order chi connectivity index (χ1) is 8.06. The van der Waals surface area contributed by atoms with Gasteiger partial charge in [0.2, 0.25) is 0 Å². The Kier molecular flexibility index (Phi) is 3.95. The molecule has 0 saturated carbocycles. The first kappa shape index (κ1) is 12.7. The molecule has 0 aromatic heterocycles. The monoisotopic (exact) mass is 252 g/mol. The lowest BCUT2D eigenvalue weighted by molar-refractivity contribution is 0.132. The van der Waals surface area contributed by atoms with E-state index in [4.69, 9.17) is 17.3 Å². The Morgan fingerprint density at radius 3 is 2.76 bits per heavy atom. The number of hydrogen-bond acceptors (Lipinski definition) is 2. The largest absolute Gasteiger partial charge is 0.399 e. The Morgan fingerprint density at radius 1 is 1.35 bits per heavy atom. The van der Waals surface area contributed by atoms with Crippen LogP contribution in [0.15, 0.2) is 18.2 Å². The van der Waals surface area contributed by atoms with E-state index < -0.39 is 0 Å². The standard InChI is InChI=1S/C14H21ClN2/c1-10-5-6-17(8-11(10)2)9-12-3-4-13(16)7-14(12)15/h3-4,7,10-11H,5-6,8-9,16H2,1-2H3. The maximum Gasteiger partial charge on any atom is 0.0471 e. The minimum atomic E-state index is 0.736. The summed E-state index contributed by atoms with van der Waals surface area (Å²) in [6.07, 6.45) is 1.29. The van der Waals surface area contributed by atoms with Gasteiger partial charge in [0.15, 0.2) is 0 Å². The van der Waals surface area contributed by atoms with Gasteiger partial charge in [0.1, 0.15) is 0 Å². The second-order valence-electron chi connectivity index (χ2n) is 5.33. The van der Waals surface area contributed by atoms with Crippen LogP contribution >= 0.6 is 11.6 Å². The van der Waals surface area contributed by atoms with E-state index in [1.165, 1.54) is 25.1 Å². The molecule has 3 heteroatoms. The Hall–Kier alpha value is -0.730. The summed E-state index contributed by atoms with van der Waals surface area (Å²) in [7, 11) is 0. The molecule has 1 aliphatic rings. The number of rotatable bonds is 2. The van der Waals surface area contributed by atoms with Gasteiger partial charge in [-0.05, 0) is 42.5 Å². The van der Waals surface area contributed by atoms with Gasteiger partial charge in [-0.15, -0.1) is 0 Å². The van der Waals surface area contributed by atoms with E-state index in [9.17, 15) is 0 Å². The van der Waals surface area contributed by atoms with Crippen molar-refractivity contribution in [3.63, 3.8) is 0 Å². The fraction of sp³-hybridized carbons (Fsp3) is 0.571. The summed E-state index contributed by atoms with van der Waals surface area (Å²) < 4.78 is 0. The van der Waals surface area contributed by atoms with Crippen molar-refractivity contribution in [2.45, 2.75) is 26.8 Å². The number of nitrogen functional groups attached to an aromatic ring is 1. The highest BCUT2D eigenvalue weighted by Gasteiger charge is 2.22. The van der Waals surface area contributed by atoms with Crippen molar-refractivity contribution in [2.24, 2.45) is 11.8 Å². The lowest BCUT2D eigenvalue weighted by atomic mass is 9.88. The summed E-state index contributed by atoms with van der Waals surface area (Å²) in [4.78, 5) is 2.49. The van der Waals surface area contributed by atoms with Crippen molar-refractivity contribution in [1.29, 1.82) is 0 Å². The number of piperidine rings is 1. The molecule has 0 bridgehead atoms. The van der Waals surface area contributed by atoms with Crippen molar-refractivity contribution in [3.05, 3.63) is 28.8 Å². The number of anilines is 1. The van der Waals surface area contributed by atoms with E-state index in [1.807, 2.05) is 18.2 Å². The van der Waals surface area contributed by atoms with Gasteiger partial charge < -0.3 is 5.73 Å². The average molecular weight is 253 g/mol. The summed E-state index contributed by atoms with van der Waals surface area (Å²) in [5, 5.41) is 0.788. The summed E-state index contributed by atoms with van der Waals surface area (Å²) >= 11 is 6.21.